The molecule has 1 heterocycles. The molecule has 1 aliphatic rings. The van der Waals surface area contributed by atoms with Crippen LogP contribution in [-0.4, -0.2) is 18.0 Å². The molecule has 0 atom stereocenters. The van der Waals surface area contributed by atoms with E-state index in [1.54, 1.807) is 4.90 Å². The summed E-state index contributed by atoms with van der Waals surface area (Å²) in [6, 6.07) is 16.2. The molecular formula is C16H15BrN2O. The van der Waals surface area contributed by atoms with Gasteiger partial charge in [0.15, 0.2) is 0 Å². The number of benzene rings is 2. The van der Waals surface area contributed by atoms with Crippen molar-refractivity contribution in [3.63, 3.8) is 0 Å². The van der Waals surface area contributed by atoms with E-state index in [9.17, 15) is 4.79 Å². The van der Waals surface area contributed by atoms with Gasteiger partial charge in [-0.25, -0.2) is 4.79 Å². The van der Waals surface area contributed by atoms with Crippen molar-refractivity contribution in [3.05, 3.63) is 64.1 Å². The molecule has 0 fully saturated rings. The number of nitrogens with zero attached hydrogens (tertiary/aromatic N) is 2. The Morgan fingerprint density at radius 3 is 2.55 bits per heavy atom. The Balaban J connectivity index is 1.95. The second-order valence-corrected chi connectivity index (χ2v) is 5.90. The smallest absolute Gasteiger partial charge is 0.323 e. The van der Waals surface area contributed by atoms with Crippen molar-refractivity contribution < 1.29 is 4.79 Å². The van der Waals surface area contributed by atoms with E-state index < -0.39 is 0 Å². The van der Waals surface area contributed by atoms with Crippen LogP contribution < -0.4 is 4.90 Å². The normalized spacial score (nSPS) is 14.4. The molecule has 0 saturated heterocycles. The fourth-order valence-corrected chi connectivity index (χ4v) is 2.73. The number of rotatable bonds is 2. The zero-order chi connectivity index (χ0) is 14.1. The Morgan fingerprint density at radius 1 is 1.10 bits per heavy atom. The molecule has 0 aliphatic carbocycles. The number of amides is 2. The third-order valence-corrected chi connectivity index (χ3v) is 4.03. The Kier molecular flexibility index (Phi) is 3.49. The minimum Gasteiger partial charge on any atom is -0.323 e. The van der Waals surface area contributed by atoms with Crippen LogP contribution in [0, 0.1) is 0 Å². The molecule has 0 N–H and O–H groups in total. The van der Waals surface area contributed by atoms with Gasteiger partial charge in [-0.2, -0.15) is 0 Å². The van der Waals surface area contributed by atoms with Gasteiger partial charge in [-0.15, -0.1) is 0 Å². The molecule has 2 amide bonds. The van der Waals surface area contributed by atoms with Crippen LogP contribution in [0.4, 0.5) is 10.5 Å². The molecule has 0 aromatic heterocycles. The van der Waals surface area contributed by atoms with Gasteiger partial charge in [-0.05, 0) is 29.3 Å². The van der Waals surface area contributed by atoms with E-state index in [2.05, 4.69) is 22.0 Å². The van der Waals surface area contributed by atoms with E-state index in [-0.39, 0.29) is 6.03 Å². The highest BCUT2D eigenvalue weighted by molar-refractivity contribution is 9.10. The summed E-state index contributed by atoms with van der Waals surface area (Å²) in [5.41, 5.74) is 3.32. The number of fused-ring (bicyclic) bond motifs is 1. The van der Waals surface area contributed by atoms with Crippen LogP contribution in [0.25, 0.3) is 0 Å². The van der Waals surface area contributed by atoms with E-state index in [1.807, 2.05) is 54.4 Å². The molecule has 102 valence electrons. The molecule has 20 heavy (non-hydrogen) atoms. The van der Waals surface area contributed by atoms with Crippen LogP contribution in [0.15, 0.2) is 53.0 Å². The summed E-state index contributed by atoms with van der Waals surface area (Å²) in [5, 5.41) is 0. The molecule has 2 aromatic rings. The van der Waals surface area contributed by atoms with E-state index in [0.29, 0.717) is 13.1 Å². The molecule has 2 aromatic carbocycles. The maximum Gasteiger partial charge on any atom is 0.324 e. The molecule has 0 saturated carbocycles. The lowest BCUT2D eigenvalue weighted by Crippen LogP contribution is -2.44. The summed E-state index contributed by atoms with van der Waals surface area (Å²) in [5.74, 6) is 0. The lowest BCUT2D eigenvalue weighted by Gasteiger charge is -2.35. The largest absolute Gasteiger partial charge is 0.324 e. The molecule has 0 bridgehead atoms. The van der Waals surface area contributed by atoms with Crippen molar-refractivity contribution >= 4 is 27.6 Å². The number of para-hydroxylation sites is 1. The van der Waals surface area contributed by atoms with Crippen LogP contribution in [-0.2, 0) is 13.1 Å². The number of carbonyl (C=O) groups is 1. The van der Waals surface area contributed by atoms with Gasteiger partial charge < -0.3 is 4.90 Å². The van der Waals surface area contributed by atoms with Crippen molar-refractivity contribution in [1.82, 2.24) is 4.90 Å². The van der Waals surface area contributed by atoms with Gasteiger partial charge in [0.1, 0.15) is 0 Å². The van der Waals surface area contributed by atoms with Gasteiger partial charge in [0.05, 0.1) is 12.2 Å². The molecule has 0 spiro atoms. The SMILES string of the molecule is CN1Cc2ccccc2N(Cc2ccc(Br)cc2)C1=O. The average Bonchev–Trinajstić information content (AvgIpc) is 2.46. The third-order valence-electron chi connectivity index (χ3n) is 3.50. The topological polar surface area (TPSA) is 23.6 Å². The van der Waals surface area contributed by atoms with Crippen molar-refractivity contribution in [2.45, 2.75) is 13.1 Å². The zero-order valence-corrected chi connectivity index (χ0v) is 12.8. The number of anilines is 1. The van der Waals surface area contributed by atoms with Crippen LogP contribution in [0.1, 0.15) is 11.1 Å². The van der Waals surface area contributed by atoms with Crippen molar-refractivity contribution in [1.29, 1.82) is 0 Å². The minimum atomic E-state index is 0.0478. The number of hydrogen-bond donors (Lipinski definition) is 0. The van der Waals surface area contributed by atoms with Gasteiger partial charge in [0, 0.05) is 18.1 Å². The maximum atomic E-state index is 12.4. The fraction of sp³-hybridized carbons (Fsp3) is 0.188. The first-order valence-electron chi connectivity index (χ1n) is 6.50. The van der Waals surface area contributed by atoms with Gasteiger partial charge in [-0.3, -0.25) is 4.90 Å². The molecule has 3 nitrogen and oxygen atoms in total. The molecule has 3 rings (SSSR count). The highest BCUT2D eigenvalue weighted by Crippen LogP contribution is 2.29. The number of urea groups is 1. The molecule has 0 unspecified atom stereocenters. The maximum absolute atomic E-state index is 12.4. The van der Waals surface area contributed by atoms with Gasteiger partial charge in [-0.1, -0.05) is 46.3 Å². The number of carbonyl (C=O) groups excluding carboxylic acids is 1. The minimum absolute atomic E-state index is 0.0478. The van der Waals surface area contributed by atoms with Crippen molar-refractivity contribution in [2.75, 3.05) is 11.9 Å². The van der Waals surface area contributed by atoms with Crippen LogP contribution in [0.5, 0.6) is 0 Å². The van der Waals surface area contributed by atoms with E-state index in [4.69, 9.17) is 0 Å². The quantitative estimate of drug-likeness (QED) is 0.815. The summed E-state index contributed by atoms with van der Waals surface area (Å²) in [4.78, 5) is 16.0. The highest BCUT2D eigenvalue weighted by Gasteiger charge is 2.27. The van der Waals surface area contributed by atoms with E-state index in [1.165, 1.54) is 5.56 Å². The fourth-order valence-electron chi connectivity index (χ4n) is 2.47. The summed E-state index contributed by atoms with van der Waals surface area (Å²) in [7, 11) is 1.84. The standard InChI is InChI=1S/C16H15BrN2O/c1-18-11-13-4-2-3-5-15(13)19(16(18)20)10-12-6-8-14(17)9-7-12/h2-9H,10-11H2,1H3. The Hall–Kier alpha value is -1.81. The highest BCUT2D eigenvalue weighted by atomic mass is 79.9. The summed E-state index contributed by atoms with van der Waals surface area (Å²) >= 11 is 3.43. The third kappa shape index (κ3) is 2.43. The first-order valence-corrected chi connectivity index (χ1v) is 7.29. The average molecular weight is 331 g/mol. The molecule has 4 heteroatoms. The second-order valence-electron chi connectivity index (χ2n) is 4.98. The molecular weight excluding hydrogens is 316 g/mol. The van der Waals surface area contributed by atoms with Gasteiger partial charge >= 0.3 is 6.03 Å². The van der Waals surface area contributed by atoms with Crippen LogP contribution >= 0.6 is 15.9 Å². The second kappa shape index (κ2) is 5.29. The Morgan fingerprint density at radius 2 is 1.80 bits per heavy atom. The molecule has 0 radical (unpaired) electrons. The lowest BCUT2D eigenvalue weighted by atomic mass is 10.1. The van der Waals surface area contributed by atoms with Crippen LogP contribution in [0.2, 0.25) is 0 Å². The monoisotopic (exact) mass is 330 g/mol. The summed E-state index contributed by atoms with van der Waals surface area (Å²) in [6.45, 7) is 1.26. The lowest BCUT2D eigenvalue weighted by molar-refractivity contribution is 0.210. The van der Waals surface area contributed by atoms with E-state index >= 15 is 0 Å². The van der Waals surface area contributed by atoms with E-state index in [0.717, 1.165) is 15.7 Å². The number of halogens is 1. The van der Waals surface area contributed by atoms with Crippen LogP contribution in [0.3, 0.4) is 0 Å². The first-order chi connectivity index (χ1) is 9.65. The van der Waals surface area contributed by atoms with Gasteiger partial charge in [0.25, 0.3) is 0 Å². The predicted octanol–water partition coefficient (Wildman–Crippen LogP) is 4.02. The summed E-state index contributed by atoms with van der Waals surface area (Å²) < 4.78 is 1.05. The van der Waals surface area contributed by atoms with Crippen molar-refractivity contribution in [3.8, 4) is 0 Å². The van der Waals surface area contributed by atoms with Crippen molar-refractivity contribution in [2.24, 2.45) is 0 Å². The first kappa shape index (κ1) is 13.2. The van der Waals surface area contributed by atoms with Gasteiger partial charge in [0.2, 0.25) is 0 Å². The predicted molar refractivity (Wildman–Crippen MR) is 83.6 cm³/mol. The Bertz CT molecular complexity index is 639. The molecule has 1 aliphatic heterocycles. The number of hydrogen-bond acceptors (Lipinski definition) is 1. The Labute approximate surface area is 126 Å². The summed E-state index contributed by atoms with van der Waals surface area (Å²) in [6.07, 6.45) is 0. The zero-order valence-electron chi connectivity index (χ0n) is 11.2.